The Bertz CT molecular complexity index is 459. The molecule has 0 amide bonds. The zero-order valence-electron chi connectivity index (χ0n) is 9.59. The highest BCUT2D eigenvalue weighted by molar-refractivity contribution is 5.56. The number of hydrogen-bond donors (Lipinski definition) is 1. The SMILES string of the molecule is CC(CO)c1ccc(-c2nccn2C)cc1. The molecule has 2 aromatic rings. The van der Waals surface area contributed by atoms with E-state index in [1.165, 1.54) is 0 Å². The molecular formula is C13H16N2O. The fourth-order valence-electron chi connectivity index (χ4n) is 1.71. The van der Waals surface area contributed by atoms with Crippen molar-refractivity contribution in [1.82, 2.24) is 9.55 Å². The Morgan fingerprint density at radius 1 is 1.31 bits per heavy atom. The van der Waals surface area contributed by atoms with Gasteiger partial charge in [0.15, 0.2) is 0 Å². The van der Waals surface area contributed by atoms with Crippen molar-refractivity contribution in [3.63, 3.8) is 0 Å². The molecular weight excluding hydrogens is 200 g/mol. The number of nitrogens with zero attached hydrogens (tertiary/aromatic N) is 2. The topological polar surface area (TPSA) is 38.1 Å². The van der Waals surface area contributed by atoms with Crippen molar-refractivity contribution in [2.45, 2.75) is 12.8 Å². The van der Waals surface area contributed by atoms with Gasteiger partial charge in [0.05, 0.1) is 0 Å². The Kier molecular flexibility index (Phi) is 3.06. The third kappa shape index (κ3) is 1.99. The first-order valence-corrected chi connectivity index (χ1v) is 5.41. The maximum Gasteiger partial charge on any atom is 0.139 e. The van der Waals surface area contributed by atoms with Gasteiger partial charge in [-0.3, -0.25) is 0 Å². The highest BCUT2D eigenvalue weighted by Gasteiger charge is 2.06. The van der Waals surface area contributed by atoms with Crippen LogP contribution in [0.15, 0.2) is 36.7 Å². The molecule has 84 valence electrons. The van der Waals surface area contributed by atoms with Crippen LogP contribution in [0.3, 0.4) is 0 Å². The van der Waals surface area contributed by atoms with Crippen molar-refractivity contribution in [1.29, 1.82) is 0 Å². The van der Waals surface area contributed by atoms with Gasteiger partial charge in [-0.2, -0.15) is 0 Å². The molecule has 1 atom stereocenters. The molecule has 16 heavy (non-hydrogen) atoms. The zero-order valence-corrected chi connectivity index (χ0v) is 9.59. The molecule has 0 saturated carbocycles. The van der Waals surface area contributed by atoms with E-state index in [1.807, 2.05) is 49.0 Å². The number of benzene rings is 1. The second-order valence-electron chi connectivity index (χ2n) is 4.07. The molecule has 0 spiro atoms. The van der Waals surface area contributed by atoms with Crippen LogP contribution in [0.5, 0.6) is 0 Å². The summed E-state index contributed by atoms with van der Waals surface area (Å²) in [6.07, 6.45) is 3.72. The van der Waals surface area contributed by atoms with E-state index in [4.69, 9.17) is 5.11 Å². The van der Waals surface area contributed by atoms with Crippen molar-refractivity contribution in [3.8, 4) is 11.4 Å². The molecule has 0 saturated heterocycles. The van der Waals surface area contributed by atoms with Gasteiger partial charge in [-0.1, -0.05) is 31.2 Å². The minimum Gasteiger partial charge on any atom is -0.396 e. The summed E-state index contributed by atoms with van der Waals surface area (Å²) in [7, 11) is 1.98. The quantitative estimate of drug-likeness (QED) is 0.854. The van der Waals surface area contributed by atoms with E-state index in [9.17, 15) is 0 Å². The molecule has 0 aliphatic heterocycles. The number of imidazole rings is 1. The second-order valence-corrected chi connectivity index (χ2v) is 4.07. The molecule has 0 aliphatic carbocycles. The highest BCUT2D eigenvalue weighted by atomic mass is 16.3. The fraction of sp³-hybridized carbons (Fsp3) is 0.308. The predicted octanol–water partition coefficient (Wildman–Crippen LogP) is 2.18. The van der Waals surface area contributed by atoms with Crippen LogP contribution in [-0.2, 0) is 7.05 Å². The minimum absolute atomic E-state index is 0.182. The van der Waals surface area contributed by atoms with Gasteiger partial charge in [0.1, 0.15) is 5.82 Å². The van der Waals surface area contributed by atoms with Gasteiger partial charge < -0.3 is 9.67 Å². The van der Waals surface area contributed by atoms with Gasteiger partial charge in [-0.05, 0) is 5.56 Å². The Hall–Kier alpha value is -1.61. The molecule has 3 heteroatoms. The summed E-state index contributed by atoms with van der Waals surface area (Å²) in [5.74, 6) is 1.15. The molecule has 1 heterocycles. The molecule has 0 bridgehead atoms. The third-order valence-corrected chi connectivity index (χ3v) is 2.83. The van der Waals surface area contributed by atoms with Crippen molar-refractivity contribution in [2.24, 2.45) is 7.05 Å². The van der Waals surface area contributed by atoms with Crippen molar-refractivity contribution in [2.75, 3.05) is 6.61 Å². The van der Waals surface area contributed by atoms with Gasteiger partial charge in [-0.15, -0.1) is 0 Å². The highest BCUT2D eigenvalue weighted by Crippen LogP contribution is 2.20. The van der Waals surface area contributed by atoms with E-state index in [2.05, 4.69) is 4.98 Å². The first-order chi connectivity index (χ1) is 7.72. The van der Waals surface area contributed by atoms with Gasteiger partial charge in [0, 0.05) is 37.5 Å². The van der Waals surface area contributed by atoms with Crippen molar-refractivity contribution < 1.29 is 5.11 Å². The number of aromatic nitrogens is 2. The summed E-state index contributed by atoms with van der Waals surface area (Å²) in [5, 5.41) is 9.07. The van der Waals surface area contributed by atoms with Crippen LogP contribution >= 0.6 is 0 Å². The summed E-state index contributed by atoms with van der Waals surface area (Å²) in [6, 6.07) is 8.18. The Labute approximate surface area is 95.4 Å². The summed E-state index contributed by atoms with van der Waals surface area (Å²) in [6.45, 7) is 2.19. The van der Waals surface area contributed by atoms with Gasteiger partial charge in [0.25, 0.3) is 0 Å². The lowest BCUT2D eigenvalue weighted by Crippen LogP contribution is -1.98. The average Bonchev–Trinajstić information content (AvgIpc) is 2.75. The lowest BCUT2D eigenvalue weighted by molar-refractivity contribution is 0.273. The van der Waals surface area contributed by atoms with Gasteiger partial charge >= 0.3 is 0 Å². The number of aryl methyl sites for hydroxylation is 1. The van der Waals surface area contributed by atoms with E-state index in [-0.39, 0.29) is 12.5 Å². The van der Waals surface area contributed by atoms with E-state index < -0.39 is 0 Å². The number of rotatable bonds is 3. The number of hydrogen-bond acceptors (Lipinski definition) is 2. The molecule has 0 fully saturated rings. The van der Waals surface area contributed by atoms with E-state index in [1.54, 1.807) is 6.20 Å². The molecule has 0 aliphatic rings. The van der Waals surface area contributed by atoms with Crippen LogP contribution in [0.4, 0.5) is 0 Å². The van der Waals surface area contributed by atoms with E-state index >= 15 is 0 Å². The van der Waals surface area contributed by atoms with Crippen LogP contribution < -0.4 is 0 Å². The van der Waals surface area contributed by atoms with Crippen LogP contribution in [0.25, 0.3) is 11.4 Å². The molecule has 1 aromatic carbocycles. The fourth-order valence-corrected chi connectivity index (χ4v) is 1.71. The summed E-state index contributed by atoms with van der Waals surface area (Å²) >= 11 is 0. The largest absolute Gasteiger partial charge is 0.396 e. The Morgan fingerprint density at radius 2 is 2.00 bits per heavy atom. The summed E-state index contributed by atoms with van der Waals surface area (Å²) in [4.78, 5) is 4.29. The second kappa shape index (κ2) is 4.49. The maximum atomic E-state index is 9.07. The van der Waals surface area contributed by atoms with Crippen LogP contribution in [0, 0.1) is 0 Å². The van der Waals surface area contributed by atoms with E-state index in [0.717, 1.165) is 17.0 Å². The molecule has 1 N–H and O–H groups in total. The lowest BCUT2D eigenvalue weighted by Gasteiger charge is -2.09. The standard InChI is InChI=1S/C13H16N2O/c1-10(9-16)11-3-5-12(6-4-11)13-14-7-8-15(13)2/h3-8,10,16H,9H2,1-2H3. The van der Waals surface area contributed by atoms with Crippen LogP contribution in [0.2, 0.25) is 0 Å². The zero-order chi connectivity index (χ0) is 11.5. The first kappa shape index (κ1) is 10.9. The van der Waals surface area contributed by atoms with Crippen LogP contribution in [-0.4, -0.2) is 21.3 Å². The Morgan fingerprint density at radius 3 is 2.50 bits per heavy atom. The molecule has 1 aromatic heterocycles. The van der Waals surface area contributed by atoms with Gasteiger partial charge in [0.2, 0.25) is 0 Å². The maximum absolute atomic E-state index is 9.07. The number of aliphatic hydroxyl groups is 1. The monoisotopic (exact) mass is 216 g/mol. The Balaban J connectivity index is 2.30. The number of aliphatic hydroxyl groups excluding tert-OH is 1. The normalized spacial score (nSPS) is 12.7. The summed E-state index contributed by atoms with van der Waals surface area (Å²) < 4.78 is 1.99. The van der Waals surface area contributed by atoms with Gasteiger partial charge in [-0.25, -0.2) is 4.98 Å². The average molecular weight is 216 g/mol. The molecule has 1 unspecified atom stereocenters. The summed E-state index contributed by atoms with van der Waals surface area (Å²) in [5.41, 5.74) is 2.25. The van der Waals surface area contributed by atoms with Crippen molar-refractivity contribution >= 4 is 0 Å². The molecule has 3 nitrogen and oxygen atoms in total. The lowest BCUT2D eigenvalue weighted by atomic mass is 10.0. The van der Waals surface area contributed by atoms with Crippen molar-refractivity contribution in [3.05, 3.63) is 42.2 Å². The molecule has 2 rings (SSSR count). The van der Waals surface area contributed by atoms with E-state index in [0.29, 0.717) is 0 Å². The smallest absolute Gasteiger partial charge is 0.139 e. The minimum atomic E-state index is 0.182. The third-order valence-electron chi connectivity index (χ3n) is 2.83. The van der Waals surface area contributed by atoms with Crippen LogP contribution in [0.1, 0.15) is 18.4 Å². The predicted molar refractivity (Wildman–Crippen MR) is 64.1 cm³/mol. The molecule has 0 radical (unpaired) electrons. The first-order valence-electron chi connectivity index (χ1n) is 5.41.